The standard InChI is InChI=1S/C30H43NO5/c1-6-35-29(33)14-11-25-17-27(34-5)12-13-28(25)21(2)36-20-26(32)19-31-30(3,4)18-22-15-23-9-7-8-10-24(23)16-22/h7-10,12-13,17,21-22,26,31-32H,6,11,14-16,18-20H2,1-5H3/t21-,26-/m1/s1. The molecule has 0 spiro atoms. The lowest BCUT2D eigenvalue weighted by molar-refractivity contribution is -0.143. The van der Waals surface area contributed by atoms with Crippen molar-refractivity contribution < 1.29 is 24.1 Å². The van der Waals surface area contributed by atoms with E-state index in [-0.39, 0.29) is 24.2 Å². The summed E-state index contributed by atoms with van der Waals surface area (Å²) in [5.41, 5.74) is 4.85. The van der Waals surface area contributed by atoms with Gasteiger partial charge in [0.25, 0.3) is 0 Å². The van der Waals surface area contributed by atoms with E-state index in [0.717, 1.165) is 36.1 Å². The number of aryl methyl sites for hydroxylation is 1. The van der Waals surface area contributed by atoms with Crippen LogP contribution < -0.4 is 10.1 Å². The number of nitrogens with one attached hydrogen (secondary N) is 1. The maximum atomic E-state index is 11.9. The molecular weight excluding hydrogens is 454 g/mol. The van der Waals surface area contributed by atoms with Gasteiger partial charge in [-0.3, -0.25) is 4.79 Å². The van der Waals surface area contributed by atoms with E-state index >= 15 is 0 Å². The number of aliphatic hydroxyl groups excluding tert-OH is 1. The highest BCUT2D eigenvalue weighted by atomic mass is 16.5. The van der Waals surface area contributed by atoms with Gasteiger partial charge < -0.3 is 24.6 Å². The monoisotopic (exact) mass is 497 g/mol. The van der Waals surface area contributed by atoms with Crippen molar-refractivity contribution >= 4 is 5.97 Å². The van der Waals surface area contributed by atoms with E-state index in [0.29, 0.717) is 31.9 Å². The third-order valence-corrected chi connectivity index (χ3v) is 6.98. The van der Waals surface area contributed by atoms with Crippen molar-refractivity contribution in [3.8, 4) is 5.75 Å². The van der Waals surface area contributed by atoms with Crippen molar-refractivity contribution in [2.75, 3.05) is 26.9 Å². The van der Waals surface area contributed by atoms with E-state index in [9.17, 15) is 9.90 Å². The minimum Gasteiger partial charge on any atom is -0.497 e. The Bertz CT molecular complexity index is 964. The zero-order valence-electron chi connectivity index (χ0n) is 22.5. The third kappa shape index (κ3) is 8.32. The van der Waals surface area contributed by atoms with Gasteiger partial charge in [-0.15, -0.1) is 0 Å². The Balaban J connectivity index is 1.47. The van der Waals surface area contributed by atoms with Gasteiger partial charge in [0, 0.05) is 18.5 Å². The predicted octanol–water partition coefficient (Wildman–Crippen LogP) is 4.80. The van der Waals surface area contributed by atoms with Gasteiger partial charge in [0.1, 0.15) is 5.75 Å². The van der Waals surface area contributed by atoms with Gasteiger partial charge in [-0.2, -0.15) is 0 Å². The number of ether oxygens (including phenoxy) is 3. The van der Waals surface area contributed by atoms with Crippen molar-refractivity contribution in [1.82, 2.24) is 5.32 Å². The molecule has 2 N–H and O–H groups in total. The summed E-state index contributed by atoms with van der Waals surface area (Å²) >= 11 is 0. The number of hydrogen-bond donors (Lipinski definition) is 2. The molecule has 0 unspecified atom stereocenters. The Morgan fingerprint density at radius 1 is 1.17 bits per heavy atom. The average Bonchev–Trinajstić information content (AvgIpc) is 3.26. The summed E-state index contributed by atoms with van der Waals surface area (Å²) in [6.07, 6.45) is 3.31. The summed E-state index contributed by atoms with van der Waals surface area (Å²) in [4.78, 5) is 11.9. The Labute approximate surface area is 216 Å². The summed E-state index contributed by atoms with van der Waals surface area (Å²) in [5.74, 6) is 1.15. The van der Waals surface area contributed by atoms with Crippen LogP contribution in [0.4, 0.5) is 0 Å². The first-order valence-corrected chi connectivity index (χ1v) is 13.1. The van der Waals surface area contributed by atoms with E-state index < -0.39 is 6.10 Å². The molecule has 0 saturated carbocycles. The van der Waals surface area contributed by atoms with Crippen LogP contribution in [-0.4, -0.2) is 49.6 Å². The smallest absolute Gasteiger partial charge is 0.306 e. The first kappa shape index (κ1) is 28.2. The van der Waals surface area contributed by atoms with Gasteiger partial charge in [0.05, 0.1) is 32.5 Å². The number of rotatable bonds is 14. The maximum absolute atomic E-state index is 11.9. The van der Waals surface area contributed by atoms with Crippen LogP contribution in [0.1, 0.15) is 68.9 Å². The number of carbonyl (C=O) groups excluding carboxylic acids is 1. The third-order valence-electron chi connectivity index (χ3n) is 6.98. The fourth-order valence-electron chi connectivity index (χ4n) is 5.18. The number of esters is 1. The van der Waals surface area contributed by atoms with Crippen LogP contribution in [-0.2, 0) is 33.5 Å². The van der Waals surface area contributed by atoms with Crippen LogP contribution in [0, 0.1) is 5.92 Å². The number of carbonyl (C=O) groups is 1. The number of aliphatic hydroxyl groups is 1. The first-order chi connectivity index (χ1) is 17.2. The van der Waals surface area contributed by atoms with E-state index in [1.54, 1.807) is 14.0 Å². The highest BCUT2D eigenvalue weighted by Gasteiger charge is 2.28. The molecule has 0 heterocycles. The molecule has 0 saturated heterocycles. The van der Waals surface area contributed by atoms with Crippen LogP contribution in [0.5, 0.6) is 5.75 Å². The maximum Gasteiger partial charge on any atom is 0.306 e. The first-order valence-electron chi connectivity index (χ1n) is 13.1. The van der Waals surface area contributed by atoms with Gasteiger partial charge >= 0.3 is 5.97 Å². The van der Waals surface area contributed by atoms with Crippen molar-refractivity contribution in [3.05, 3.63) is 64.7 Å². The van der Waals surface area contributed by atoms with Gasteiger partial charge in [-0.25, -0.2) is 0 Å². The van der Waals surface area contributed by atoms with Crippen LogP contribution in [0.2, 0.25) is 0 Å². The molecule has 6 nitrogen and oxygen atoms in total. The number of β-amino-alcohol motifs (C(OH)–C–C–N with tert-alkyl or cyclic N) is 1. The quantitative estimate of drug-likeness (QED) is 0.365. The molecule has 2 atom stereocenters. The Hall–Kier alpha value is -2.41. The summed E-state index contributed by atoms with van der Waals surface area (Å²) in [5, 5.41) is 14.2. The Morgan fingerprint density at radius 2 is 1.86 bits per heavy atom. The minimum absolute atomic E-state index is 0.0739. The fourth-order valence-corrected chi connectivity index (χ4v) is 5.18. The number of benzene rings is 2. The molecule has 0 aliphatic heterocycles. The lowest BCUT2D eigenvalue weighted by Gasteiger charge is -2.31. The molecule has 2 aromatic rings. The van der Waals surface area contributed by atoms with Gasteiger partial charge in [-0.1, -0.05) is 30.3 Å². The predicted molar refractivity (Wildman–Crippen MR) is 142 cm³/mol. The SMILES string of the molecule is CCOC(=O)CCc1cc(OC)ccc1[C@@H](C)OC[C@H](O)CNC(C)(C)CC1Cc2ccccc2C1. The number of methoxy groups -OCH3 is 1. The van der Waals surface area contributed by atoms with Crippen molar-refractivity contribution in [2.24, 2.45) is 5.92 Å². The summed E-state index contributed by atoms with van der Waals surface area (Å²) in [6.45, 7) is 9.26. The molecule has 0 fully saturated rings. The fraction of sp³-hybridized carbons (Fsp3) is 0.567. The average molecular weight is 498 g/mol. The van der Waals surface area contributed by atoms with Gasteiger partial charge in [-0.05, 0) is 93.7 Å². The summed E-state index contributed by atoms with van der Waals surface area (Å²) in [7, 11) is 1.63. The molecule has 0 aromatic heterocycles. The summed E-state index contributed by atoms with van der Waals surface area (Å²) in [6, 6.07) is 14.5. The summed E-state index contributed by atoms with van der Waals surface area (Å²) < 4.78 is 16.5. The second kappa shape index (κ2) is 13.2. The Kier molecular flexibility index (Phi) is 10.3. The Morgan fingerprint density at radius 3 is 2.50 bits per heavy atom. The zero-order chi connectivity index (χ0) is 26.1. The molecule has 0 amide bonds. The highest BCUT2D eigenvalue weighted by Crippen LogP contribution is 2.32. The zero-order valence-corrected chi connectivity index (χ0v) is 22.5. The highest BCUT2D eigenvalue weighted by molar-refractivity contribution is 5.69. The van der Waals surface area contributed by atoms with E-state index in [1.165, 1.54) is 11.1 Å². The molecule has 2 aromatic carbocycles. The minimum atomic E-state index is -0.617. The van der Waals surface area contributed by atoms with Crippen molar-refractivity contribution in [1.29, 1.82) is 0 Å². The lowest BCUT2D eigenvalue weighted by atomic mass is 9.88. The topological polar surface area (TPSA) is 77.0 Å². The van der Waals surface area contributed by atoms with Crippen LogP contribution in [0.3, 0.4) is 0 Å². The molecule has 3 rings (SSSR count). The molecule has 198 valence electrons. The molecular formula is C30H43NO5. The van der Waals surface area contributed by atoms with E-state index in [1.807, 2.05) is 25.1 Å². The molecule has 36 heavy (non-hydrogen) atoms. The van der Waals surface area contributed by atoms with Crippen molar-refractivity contribution in [2.45, 2.75) is 77.5 Å². The van der Waals surface area contributed by atoms with Crippen LogP contribution in [0.25, 0.3) is 0 Å². The van der Waals surface area contributed by atoms with Crippen LogP contribution >= 0.6 is 0 Å². The largest absolute Gasteiger partial charge is 0.497 e. The molecule has 1 aliphatic carbocycles. The molecule has 1 aliphatic rings. The molecule has 0 radical (unpaired) electrons. The second-order valence-electron chi connectivity index (χ2n) is 10.5. The normalized spacial score (nSPS) is 15.4. The molecule has 0 bridgehead atoms. The molecule has 6 heteroatoms. The van der Waals surface area contributed by atoms with E-state index in [2.05, 4.69) is 43.4 Å². The van der Waals surface area contributed by atoms with Crippen molar-refractivity contribution in [3.63, 3.8) is 0 Å². The number of fused-ring (bicyclic) bond motifs is 1. The van der Waals surface area contributed by atoms with E-state index in [4.69, 9.17) is 14.2 Å². The van der Waals surface area contributed by atoms with Crippen LogP contribution in [0.15, 0.2) is 42.5 Å². The number of hydrogen-bond acceptors (Lipinski definition) is 6. The van der Waals surface area contributed by atoms with Gasteiger partial charge in [0.15, 0.2) is 0 Å². The van der Waals surface area contributed by atoms with Gasteiger partial charge in [0.2, 0.25) is 0 Å². The second-order valence-corrected chi connectivity index (χ2v) is 10.5. The lowest BCUT2D eigenvalue weighted by Crippen LogP contribution is -2.45.